The number of aliphatic carboxylic acids is 1. The number of carbonyl (C=O) groups is 1. The van der Waals surface area contributed by atoms with Crippen LogP contribution in [0.4, 0.5) is 5.69 Å². The smallest absolute Gasteiger partial charge is 0.303 e. The number of H-pyrrole nitrogens is 1. The van der Waals surface area contributed by atoms with Crippen LogP contribution in [0.25, 0.3) is 22.0 Å². The van der Waals surface area contributed by atoms with E-state index in [9.17, 15) is 4.79 Å². The molecule has 1 atom stereocenters. The van der Waals surface area contributed by atoms with Crippen LogP contribution in [0.15, 0.2) is 54.7 Å². The van der Waals surface area contributed by atoms with Gasteiger partial charge in [0.25, 0.3) is 0 Å². The summed E-state index contributed by atoms with van der Waals surface area (Å²) in [4.78, 5) is 11.1. The van der Waals surface area contributed by atoms with E-state index >= 15 is 0 Å². The molecule has 1 heterocycles. The molecule has 1 aliphatic rings. The van der Waals surface area contributed by atoms with Crippen molar-refractivity contribution in [3.63, 3.8) is 0 Å². The Morgan fingerprint density at radius 3 is 2.91 bits per heavy atom. The molecular weight excluding hydrogens is 418 g/mol. The quantitative estimate of drug-likeness (QED) is 0.366. The molecule has 4 N–H and O–H groups in total. The van der Waals surface area contributed by atoms with Gasteiger partial charge in [0, 0.05) is 35.8 Å². The summed E-state index contributed by atoms with van der Waals surface area (Å²) in [5.41, 5.74) is 13.0. The Bertz CT molecular complexity index is 1340. The molecule has 0 amide bonds. The number of benzene rings is 3. The molecule has 0 radical (unpaired) electrons. The van der Waals surface area contributed by atoms with Gasteiger partial charge in [-0.2, -0.15) is 5.10 Å². The number of carboxylic acid groups (broad SMARTS) is 1. The largest absolute Gasteiger partial charge is 0.496 e. The van der Waals surface area contributed by atoms with E-state index in [4.69, 9.17) is 20.3 Å². The number of fused-ring (bicyclic) bond motifs is 2. The lowest BCUT2D eigenvalue weighted by Gasteiger charge is -2.20. The number of nitrogens with two attached hydrogens (primary N) is 1. The molecule has 1 aliphatic carbocycles. The van der Waals surface area contributed by atoms with Crippen molar-refractivity contribution in [3.8, 4) is 22.6 Å². The van der Waals surface area contributed by atoms with Crippen LogP contribution in [0, 0.1) is 0 Å². The number of aromatic amines is 1. The first-order chi connectivity index (χ1) is 16.0. The first-order valence-corrected chi connectivity index (χ1v) is 10.9. The topological polar surface area (TPSA) is 110 Å². The van der Waals surface area contributed by atoms with Gasteiger partial charge >= 0.3 is 5.97 Å². The third kappa shape index (κ3) is 4.09. The third-order valence-electron chi connectivity index (χ3n) is 6.17. The zero-order chi connectivity index (χ0) is 22.9. The molecule has 0 bridgehead atoms. The number of anilines is 1. The first kappa shape index (κ1) is 20.9. The van der Waals surface area contributed by atoms with Gasteiger partial charge in [-0.25, -0.2) is 0 Å². The maximum absolute atomic E-state index is 11.1. The van der Waals surface area contributed by atoms with Crippen LogP contribution in [0.2, 0.25) is 0 Å². The van der Waals surface area contributed by atoms with Crippen molar-refractivity contribution in [2.24, 2.45) is 0 Å². The third-order valence-corrected chi connectivity index (χ3v) is 6.17. The second-order valence-electron chi connectivity index (χ2n) is 8.37. The van der Waals surface area contributed by atoms with Crippen molar-refractivity contribution in [2.45, 2.75) is 31.8 Å². The zero-order valence-corrected chi connectivity index (χ0v) is 18.3. The molecule has 1 unspecified atom stereocenters. The molecule has 168 valence electrons. The van der Waals surface area contributed by atoms with Crippen molar-refractivity contribution in [3.05, 3.63) is 71.4 Å². The van der Waals surface area contributed by atoms with Crippen LogP contribution < -0.4 is 15.2 Å². The number of nitrogen functional groups attached to an aromatic ring is 1. The van der Waals surface area contributed by atoms with Crippen molar-refractivity contribution in [2.75, 3.05) is 12.8 Å². The molecule has 0 saturated carbocycles. The number of methoxy groups -OCH3 is 1. The van der Waals surface area contributed by atoms with Gasteiger partial charge in [0.2, 0.25) is 0 Å². The predicted molar refractivity (Wildman–Crippen MR) is 127 cm³/mol. The van der Waals surface area contributed by atoms with Crippen LogP contribution in [0.3, 0.4) is 0 Å². The maximum Gasteiger partial charge on any atom is 0.303 e. The second-order valence-corrected chi connectivity index (χ2v) is 8.37. The number of aromatic nitrogens is 2. The highest BCUT2D eigenvalue weighted by molar-refractivity contribution is 5.87. The number of hydrogen-bond acceptors (Lipinski definition) is 5. The van der Waals surface area contributed by atoms with Crippen LogP contribution in [0.1, 0.15) is 23.1 Å². The molecule has 0 fully saturated rings. The highest BCUT2D eigenvalue weighted by Gasteiger charge is 2.27. The van der Waals surface area contributed by atoms with E-state index in [2.05, 4.69) is 16.3 Å². The Morgan fingerprint density at radius 2 is 2.09 bits per heavy atom. The fourth-order valence-electron chi connectivity index (χ4n) is 4.59. The first-order valence-electron chi connectivity index (χ1n) is 10.9. The van der Waals surface area contributed by atoms with E-state index in [1.165, 1.54) is 11.1 Å². The summed E-state index contributed by atoms with van der Waals surface area (Å²) < 4.78 is 12.1. The lowest BCUT2D eigenvalue weighted by Crippen LogP contribution is -2.18. The fraction of sp³-hybridized carbons (Fsp3) is 0.231. The Balaban J connectivity index is 1.52. The highest BCUT2D eigenvalue weighted by atomic mass is 16.5. The number of carboxylic acids is 1. The van der Waals surface area contributed by atoms with Crippen molar-refractivity contribution in [1.82, 2.24) is 10.2 Å². The summed E-state index contributed by atoms with van der Waals surface area (Å²) in [6.07, 6.45) is 3.65. The molecular formula is C26H25N3O4. The fourth-order valence-corrected chi connectivity index (χ4v) is 4.59. The van der Waals surface area contributed by atoms with Crippen LogP contribution in [0.5, 0.6) is 11.5 Å². The number of aryl methyl sites for hydroxylation is 1. The summed E-state index contributed by atoms with van der Waals surface area (Å²) in [7, 11) is 1.68. The second kappa shape index (κ2) is 8.50. The Labute approximate surface area is 191 Å². The monoisotopic (exact) mass is 443 g/mol. The lowest BCUT2D eigenvalue weighted by molar-refractivity contribution is -0.136. The summed E-state index contributed by atoms with van der Waals surface area (Å²) >= 11 is 0. The normalized spacial score (nSPS) is 14.9. The van der Waals surface area contributed by atoms with Crippen LogP contribution in [-0.4, -0.2) is 34.5 Å². The lowest BCUT2D eigenvalue weighted by atomic mass is 9.97. The average molecular weight is 444 g/mol. The van der Waals surface area contributed by atoms with E-state index in [0.717, 1.165) is 46.2 Å². The van der Waals surface area contributed by atoms with E-state index in [0.29, 0.717) is 17.9 Å². The van der Waals surface area contributed by atoms with Gasteiger partial charge in [0.1, 0.15) is 17.6 Å². The van der Waals surface area contributed by atoms with E-state index < -0.39 is 5.97 Å². The van der Waals surface area contributed by atoms with Crippen LogP contribution >= 0.6 is 0 Å². The Kier molecular flexibility index (Phi) is 5.38. The number of hydrogen-bond donors (Lipinski definition) is 3. The number of rotatable bonds is 7. The summed E-state index contributed by atoms with van der Waals surface area (Å²) in [6.45, 7) is 0. The van der Waals surface area contributed by atoms with Crippen molar-refractivity contribution >= 4 is 22.6 Å². The van der Waals surface area contributed by atoms with Gasteiger partial charge in [-0.05, 0) is 53.4 Å². The highest BCUT2D eigenvalue weighted by Crippen LogP contribution is 2.40. The van der Waals surface area contributed by atoms with Gasteiger partial charge in [-0.15, -0.1) is 0 Å². The molecule has 4 aromatic rings. The van der Waals surface area contributed by atoms with Gasteiger partial charge in [-0.3, -0.25) is 9.89 Å². The van der Waals surface area contributed by atoms with Gasteiger partial charge < -0.3 is 20.3 Å². The maximum atomic E-state index is 11.1. The summed E-state index contributed by atoms with van der Waals surface area (Å²) in [6, 6.07) is 15.9. The van der Waals surface area contributed by atoms with Gasteiger partial charge in [-0.1, -0.05) is 18.2 Å². The van der Waals surface area contributed by atoms with Crippen molar-refractivity contribution < 1.29 is 19.4 Å². The van der Waals surface area contributed by atoms with Gasteiger partial charge in [0.15, 0.2) is 0 Å². The summed E-state index contributed by atoms with van der Waals surface area (Å²) in [5.74, 6) is 0.655. The Hall–Kier alpha value is -4.00. The predicted octanol–water partition coefficient (Wildman–Crippen LogP) is 4.38. The number of ether oxygens (including phenoxy) is 2. The summed E-state index contributed by atoms with van der Waals surface area (Å²) in [5, 5.41) is 17.2. The minimum atomic E-state index is -0.840. The molecule has 0 saturated heterocycles. The molecule has 7 heteroatoms. The molecule has 1 aromatic heterocycles. The van der Waals surface area contributed by atoms with E-state index in [1.807, 2.05) is 42.5 Å². The molecule has 33 heavy (non-hydrogen) atoms. The minimum Gasteiger partial charge on any atom is -0.496 e. The minimum absolute atomic E-state index is 0.0393. The van der Waals surface area contributed by atoms with Crippen LogP contribution in [-0.2, 0) is 24.1 Å². The molecule has 0 aliphatic heterocycles. The number of nitrogens with one attached hydrogen (secondary N) is 1. The van der Waals surface area contributed by atoms with E-state index in [-0.39, 0.29) is 12.5 Å². The SMILES string of the molecule is COc1cccc2c1CC(Oc1c(N)cc(CCC(=O)O)cc1-c1ccc3[nH]ncc3c1)C2. The molecule has 5 rings (SSSR count). The van der Waals surface area contributed by atoms with Crippen molar-refractivity contribution in [1.29, 1.82) is 0 Å². The van der Waals surface area contributed by atoms with Gasteiger partial charge in [0.05, 0.1) is 24.5 Å². The molecule has 7 nitrogen and oxygen atoms in total. The number of nitrogens with zero attached hydrogens (tertiary/aromatic N) is 1. The zero-order valence-electron chi connectivity index (χ0n) is 18.3. The average Bonchev–Trinajstić information content (AvgIpc) is 3.44. The molecule has 0 spiro atoms. The molecule has 3 aromatic carbocycles. The Morgan fingerprint density at radius 1 is 1.21 bits per heavy atom. The standard InChI is InChI=1S/C26H25N3O4/c1-32-24-4-2-3-16-12-19(13-20(16)24)33-26-21(9-15(10-22(26)27)5-8-25(30)31)17-6-7-23-18(11-17)14-28-29-23/h2-4,6-7,9-11,14,19H,5,8,12-13,27H2,1H3,(H,28,29)(H,30,31). The van der Waals surface area contributed by atoms with E-state index in [1.54, 1.807) is 13.3 Å².